The van der Waals surface area contributed by atoms with Crippen LogP contribution in [0.25, 0.3) is 0 Å². The molecular weight excluding hydrogens is 495 g/mol. The molecule has 7 heteroatoms. The Morgan fingerprint density at radius 3 is 2.23 bits per heavy atom. The number of ether oxygens (including phenoxy) is 1. The number of fused-ring (bicyclic) bond motifs is 1. The molecule has 0 spiro atoms. The molecule has 1 amide bonds. The van der Waals surface area contributed by atoms with Gasteiger partial charge in [0, 0.05) is 14.7 Å². The average molecular weight is 516 g/mol. The number of amidine groups is 1. The van der Waals surface area contributed by atoms with Gasteiger partial charge < -0.3 is 9.84 Å². The van der Waals surface area contributed by atoms with E-state index >= 15 is 0 Å². The number of aliphatic hydroxyl groups is 1. The lowest BCUT2D eigenvalue weighted by Crippen LogP contribution is -2.28. The SMILES string of the molecule is C/C(O)=C(/C(=O)OC(C)(C)C)C1=NC(=NC(=O)c2ccccc2I)c2ccccc21. The van der Waals surface area contributed by atoms with Crippen molar-refractivity contribution in [2.75, 3.05) is 0 Å². The molecule has 154 valence electrons. The number of rotatable bonds is 3. The molecule has 0 aromatic heterocycles. The van der Waals surface area contributed by atoms with Crippen molar-refractivity contribution in [3.63, 3.8) is 0 Å². The quantitative estimate of drug-likeness (QED) is 0.273. The van der Waals surface area contributed by atoms with Gasteiger partial charge in [-0.3, -0.25) is 4.79 Å². The summed E-state index contributed by atoms with van der Waals surface area (Å²) in [6, 6.07) is 14.3. The van der Waals surface area contributed by atoms with Crippen LogP contribution in [0.1, 0.15) is 49.2 Å². The topological polar surface area (TPSA) is 88.3 Å². The van der Waals surface area contributed by atoms with E-state index in [9.17, 15) is 14.7 Å². The molecule has 1 N–H and O–H groups in total. The Hall–Kier alpha value is -2.81. The fourth-order valence-electron chi connectivity index (χ4n) is 2.92. The highest BCUT2D eigenvalue weighted by atomic mass is 127. The predicted molar refractivity (Wildman–Crippen MR) is 124 cm³/mol. The molecule has 1 aliphatic rings. The summed E-state index contributed by atoms with van der Waals surface area (Å²) in [5.74, 6) is -1.16. The molecule has 6 nitrogen and oxygen atoms in total. The van der Waals surface area contributed by atoms with E-state index in [1.54, 1.807) is 57.2 Å². The number of benzene rings is 2. The normalized spacial score (nSPS) is 15.4. The first kappa shape index (κ1) is 21.9. The third-order valence-electron chi connectivity index (χ3n) is 4.15. The molecule has 2 aromatic carbocycles. The second kappa shape index (κ2) is 8.51. The minimum Gasteiger partial charge on any atom is -0.512 e. The molecule has 0 saturated heterocycles. The van der Waals surface area contributed by atoms with Crippen molar-refractivity contribution in [2.45, 2.75) is 33.3 Å². The van der Waals surface area contributed by atoms with Crippen LogP contribution in [-0.2, 0) is 9.53 Å². The van der Waals surface area contributed by atoms with E-state index in [-0.39, 0.29) is 22.9 Å². The number of carbonyl (C=O) groups is 2. The van der Waals surface area contributed by atoms with E-state index in [1.807, 2.05) is 12.1 Å². The highest BCUT2D eigenvalue weighted by Crippen LogP contribution is 2.27. The van der Waals surface area contributed by atoms with E-state index in [0.29, 0.717) is 16.7 Å². The number of hydrogen-bond donors (Lipinski definition) is 1. The molecule has 1 heterocycles. The van der Waals surface area contributed by atoms with Crippen molar-refractivity contribution in [1.29, 1.82) is 0 Å². The first-order chi connectivity index (χ1) is 14.1. The van der Waals surface area contributed by atoms with E-state index in [2.05, 4.69) is 32.6 Å². The van der Waals surface area contributed by atoms with Crippen LogP contribution in [0.2, 0.25) is 0 Å². The average Bonchev–Trinajstić information content (AvgIpc) is 2.98. The number of esters is 1. The Kier molecular flexibility index (Phi) is 6.21. The summed E-state index contributed by atoms with van der Waals surface area (Å²) in [5.41, 5.74) is 1.11. The summed E-state index contributed by atoms with van der Waals surface area (Å²) in [5, 5.41) is 10.2. The van der Waals surface area contributed by atoms with Gasteiger partial charge in [0.05, 0.1) is 11.3 Å². The van der Waals surface area contributed by atoms with Gasteiger partial charge in [0.25, 0.3) is 5.91 Å². The van der Waals surface area contributed by atoms with Gasteiger partial charge in [-0.2, -0.15) is 4.99 Å². The molecule has 0 radical (unpaired) electrons. The number of amides is 1. The number of aliphatic hydroxyl groups excluding tert-OH is 1. The van der Waals surface area contributed by atoms with Crippen LogP contribution >= 0.6 is 22.6 Å². The summed E-state index contributed by atoms with van der Waals surface area (Å²) in [4.78, 5) is 34.2. The Morgan fingerprint density at radius 1 is 1.03 bits per heavy atom. The van der Waals surface area contributed by atoms with Gasteiger partial charge in [-0.15, -0.1) is 0 Å². The lowest BCUT2D eigenvalue weighted by molar-refractivity contribution is -0.149. The Balaban J connectivity index is 2.10. The largest absolute Gasteiger partial charge is 0.512 e. The number of hydrogen-bond acceptors (Lipinski definition) is 4. The van der Waals surface area contributed by atoms with Crippen LogP contribution in [0.3, 0.4) is 0 Å². The zero-order valence-corrected chi connectivity index (χ0v) is 19.2. The smallest absolute Gasteiger partial charge is 0.344 e. The van der Waals surface area contributed by atoms with Crippen molar-refractivity contribution in [2.24, 2.45) is 9.98 Å². The second-order valence-corrected chi connectivity index (χ2v) is 8.85. The van der Waals surface area contributed by atoms with E-state index in [0.717, 1.165) is 3.57 Å². The number of aliphatic imine (C=N–C) groups is 2. The summed E-state index contributed by atoms with van der Waals surface area (Å²) in [6.07, 6.45) is 0. The van der Waals surface area contributed by atoms with Crippen molar-refractivity contribution >= 4 is 46.0 Å². The molecule has 2 aromatic rings. The number of halogens is 1. The zero-order chi connectivity index (χ0) is 22.1. The maximum absolute atomic E-state index is 12.8. The van der Waals surface area contributed by atoms with Gasteiger partial charge >= 0.3 is 5.97 Å². The summed E-state index contributed by atoms with van der Waals surface area (Å²) in [6.45, 7) is 6.63. The Bertz CT molecular complexity index is 1120. The Labute approximate surface area is 188 Å². The molecule has 0 unspecified atom stereocenters. The molecule has 1 aliphatic heterocycles. The fraction of sp³-hybridized carbons (Fsp3) is 0.217. The van der Waals surface area contributed by atoms with Crippen LogP contribution in [0, 0.1) is 3.57 Å². The van der Waals surface area contributed by atoms with E-state index in [4.69, 9.17) is 4.74 Å². The van der Waals surface area contributed by atoms with Crippen molar-refractivity contribution in [3.8, 4) is 0 Å². The standard InChI is InChI=1S/C23H21IN2O4/c1-13(27)18(22(29)30-23(2,3)4)19-14-9-5-6-10-15(14)20(25-19)26-21(28)16-11-7-8-12-17(16)24/h5-12,27H,1-4H3/b18-13-,26-20?. The zero-order valence-electron chi connectivity index (χ0n) is 17.1. The van der Waals surface area contributed by atoms with Crippen LogP contribution in [0.15, 0.2) is 69.8 Å². The molecule has 0 fully saturated rings. The fourth-order valence-corrected chi connectivity index (χ4v) is 3.54. The minimum absolute atomic E-state index is 0.0516. The van der Waals surface area contributed by atoms with Gasteiger partial charge in [0.2, 0.25) is 0 Å². The van der Waals surface area contributed by atoms with Gasteiger partial charge in [-0.25, -0.2) is 9.79 Å². The number of carbonyl (C=O) groups excluding carboxylic acids is 2. The van der Waals surface area contributed by atoms with E-state index in [1.165, 1.54) is 6.92 Å². The molecule has 0 atom stereocenters. The summed E-state index contributed by atoms with van der Waals surface area (Å²) >= 11 is 2.08. The van der Waals surface area contributed by atoms with Crippen molar-refractivity contribution < 1.29 is 19.4 Å². The third-order valence-corrected chi connectivity index (χ3v) is 5.09. The molecule has 0 aliphatic carbocycles. The molecule has 3 rings (SSSR count). The highest BCUT2D eigenvalue weighted by molar-refractivity contribution is 14.1. The van der Waals surface area contributed by atoms with Gasteiger partial charge in [-0.05, 0) is 62.4 Å². The lowest BCUT2D eigenvalue weighted by atomic mass is 9.99. The molecule has 0 bridgehead atoms. The van der Waals surface area contributed by atoms with Gasteiger partial charge in [0.1, 0.15) is 16.9 Å². The Morgan fingerprint density at radius 2 is 1.63 bits per heavy atom. The predicted octanol–water partition coefficient (Wildman–Crippen LogP) is 4.85. The van der Waals surface area contributed by atoms with Crippen LogP contribution in [-0.4, -0.2) is 34.1 Å². The van der Waals surface area contributed by atoms with Crippen LogP contribution in [0.4, 0.5) is 0 Å². The lowest BCUT2D eigenvalue weighted by Gasteiger charge is -2.21. The first-order valence-corrected chi connectivity index (χ1v) is 10.4. The summed E-state index contributed by atoms with van der Waals surface area (Å²) in [7, 11) is 0. The second-order valence-electron chi connectivity index (χ2n) is 7.69. The maximum atomic E-state index is 12.8. The molecule has 30 heavy (non-hydrogen) atoms. The highest BCUT2D eigenvalue weighted by Gasteiger charge is 2.32. The first-order valence-electron chi connectivity index (χ1n) is 9.28. The van der Waals surface area contributed by atoms with Crippen molar-refractivity contribution in [1.82, 2.24) is 0 Å². The monoisotopic (exact) mass is 516 g/mol. The van der Waals surface area contributed by atoms with Gasteiger partial charge in [0.15, 0.2) is 5.84 Å². The molecule has 0 saturated carbocycles. The third kappa shape index (κ3) is 4.67. The maximum Gasteiger partial charge on any atom is 0.344 e. The minimum atomic E-state index is -0.743. The van der Waals surface area contributed by atoms with Gasteiger partial charge in [-0.1, -0.05) is 36.4 Å². The number of nitrogens with zero attached hydrogens (tertiary/aromatic N) is 2. The van der Waals surface area contributed by atoms with Crippen molar-refractivity contribution in [3.05, 3.63) is 80.1 Å². The van der Waals surface area contributed by atoms with E-state index < -0.39 is 17.5 Å². The summed E-state index contributed by atoms with van der Waals surface area (Å²) < 4.78 is 6.22. The number of allylic oxidation sites excluding steroid dienone is 1. The molecular formula is C23H21IN2O4. The van der Waals surface area contributed by atoms with Crippen LogP contribution in [0.5, 0.6) is 0 Å². The van der Waals surface area contributed by atoms with Crippen LogP contribution < -0.4 is 0 Å².